The molecule has 2 fully saturated rings. The number of carbonyl (C=O) groups is 1. The van der Waals surface area contributed by atoms with Crippen molar-refractivity contribution in [2.24, 2.45) is 0 Å². The third kappa shape index (κ3) is 3.61. The van der Waals surface area contributed by atoms with Gasteiger partial charge in [0.15, 0.2) is 0 Å². The Morgan fingerprint density at radius 2 is 2.24 bits per heavy atom. The van der Waals surface area contributed by atoms with Gasteiger partial charge in [0.05, 0.1) is 28.2 Å². The van der Waals surface area contributed by atoms with Gasteiger partial charge in [-0.1, -0.05) is 17.7 Å². The molecule has 1 amide bonds. The molecule has 0 N–H and O–H groups in total. The molecule has 1 aromatic heterocycles. The number of thiazole rings is 1. The summed E-state index contributed by atoms with van der Waals surface area (Å²) in [4.78, 5) is 19.0. The monoisotopic (exact) mass is 374 g/mol. The summed E-state index contributed by atoms with van der Waals surface area (Å²) in [6.45, 7) is 6.30. The van der Waals surface area contributed by atoms with Gasteiger partial charge in [-0.25, -0.2) is 4.98 Å². The van der Waals surface area contributed by atoms with Gasteiger partial charge in [0.25, 0.3) is 5.91 Å². The maximum atomic E-state index is 12.6. The van der Waals surface area contributed by atoms with Crippen LogP contribution >= 0.6 is 23.1 Å². The van der Waals surface area contributed by atoms with E-state index in [0.717, 1.165) is 47.1 Å². The minimum Gasteiger partial charge on any atom is -0.371 e. The molecule has 4 rings (SSSR count). The zero-order valence-corrected chi connectivity index (χ0v) is 16.2. The van der Waals surface area contributed by atoms with E-state index >= 15 is 0 Å². The molecule has 0 radical (unpaired) electrons. The van der Waals surface area contributed by atoms with E-state index in [1.54, 1.807) is 11.3 Å². The quantitative estimate of drug-likeness (QED) is 0.819. The highest BCUT2D eigenvalue weighted by Gasteiger charge is 2.51. The molecular formula is C19H22N2O2S2. The number of aromatic nitrogens is 1. The normalized spacial score (nSPS) is 21.5. The Morgan fingerprint density at radius 3 is 2.96 bits per heavy atom. The van der Waals surface area contributed by atoms with Crippen molar-refractivity contribution in [1.29, 1.82) is 0 Å². The topological polar surface area (TPSA) is 42.4 Å². The number of hydrogen-bond donors (Lipinski definition) is 0. The molecule has 0 bridgehead atoms. The van der Waals surface area contributed by atoms with Gasteiger partial charge < -0.3 is 9.64 Å². The number of carbonyl (C=O) groups excluding carboxylic acids is 1. The minimum atomic E-state index is 0.150. The third-order valence-electron chi connectivity index (χ3n) is 4.82. The van der Waals surface area contributed by atoms with Crippen molar-refractivity contribution in [3.8, 4) is 0 Å². The molecule has 1 aromatic carbocycles. The van der Waals surface area contributed by atoms with E-state index in [2.05, 4.69) is 10.4 Å². The van der Waals surface area contributed by atoms with Crippen molar-refractivity contribution < 1.29 is 9.53 Å². The van der Waals surface area contributed by atoms with Crippen LogP contribution in [0.4, 0.5) is 0 Å². The number of thioether (sulfide) groups is 1. The van der Waals surface area contributed by atoms with E-state index in [9.17, 15) is 4.79 Å². The van der Waals surface area contributed by atoms with Crippen molar-refractivity contribution in [3.63, 3.8) is 0 Å². The molecule has 1 atom stereocenters. The molecule has 0 unspecified atom stereocenters. The number of aryl methyl sites for hydroxylation is 2. The summed E-state index contributed by atoms with van der Waals surface area (Å²) in [5.41, 5.74) is 2.95. The SMILES string of the molecule is Cc1cccc(C(=O)N2CC3(C[C@@H](OCc4csc(C)n4)CS3)C2)c1. The van der Waals surface area contributed by atoms with Gasteiger partial charge in [0.1, 0.15) is 0 Å². The van der Waals surface area contributed by atoms with Crippen LogP contribution < -0.4 is 0 Å². The van der Waals surface area contributed by atoms with E-state index in [1.807, 2.05) is 54.8 Å². The average molecular weight is 375 g/mol. The summed E-state index contributed by atoms with van der Waals surface area (Å²) < 4.78 is 6.25. The average Bonchev–Trinajstić information content (AvgIpc) is 3.17. The second-order valence-corrected chi connectivity index (χ2v) is 9.57. The number of rotatable bonds is 4. The van der Waals surface area contributed by atoms with E-state index in [0.29, 0.717) is 6.61 Å². The van der Waals surface area contributed by atoms with Gasteiger partial charge in [-0.15, -0.1) is 23.1 Å². The van der Waals surface area contributed by atoms with Gasteiger partial charge in [-0.05, 0) is 32.4 Å². The summed E-state index contributed by atoms with van der Waals surface area (Å²) in [5.74, 6) is 1.16. The Balaban J connectivity index is 1.29. The zero-order valence-electron chi connectivity index (χ0n) is 14.5. The Bertz CT molecular complexity index is 783. The number of hydrogen-bond acceptors (Lipinski definition) is 5. The third-order valence-corrected chi connectivity index (χ3v) is 7.22. The fraction of sp³-hybridized carbons (Fsp3) is 0.474. The van der Waals surface area contributed by atoms with Crippen LogP contribution in [-0.2, 0) is 11.3 Å². The second kappa shape index (κ2) is 6.74. The Labute approximate surface area is 156 Å². The molecule has 2 aromatic rings. The number of amides is 1. The molecule has 2 saturated heterocycles. The van der Waals surface area contributed by atoms with Crippen molar-refractivity contribution in [3.05, 3.63) is 51.5 Å². The molecule has 0 saturated carbocycles. The maximum Gasteiger partial charge on any atom is 0.253 e. The molecular weight excluding hydrogens is 352 g/mol. The minimum absolute atomic E-state index is 0.150. The maximum absolute atomic E-state index is 12.6. The summed E-state index contributed by atoms with van der Waals surface area (Å²) in [6, 6.07) is 7.85. The summed E-state index contributed by atoms with van der Waals surface area (Å²) >= 11 is 3.63. The predicted octanol–water partition coefficient (Wildman–Crippen LogP) is 3.68. The first-order chi connectivity index (χ1) is 12.0. The lowest BCUT2D eigenvalue weighted by atomic mass is 9.92. The first-order valence-corrected chi connectivity index (χ1v) is 10.4. The molecule has 1 spiro atoms. The van der Waals surface area contributed by atoms with Gasteiger partial charge in [-0.3, -0.25) is 4.79 Å². The highest BCUT2D eigenvalue weighted by Crippen LogP contribution is 2.46. The molecule has 0 aliphatic carbocycles. The van der Waals surface area contributed by atoms with E-state index in [1.165, 1.54) is 0 Å². The second-order valence-electron chi connectivity index (χ2n) is 7.02. The number of nitrogens with zero attached hydrogens (tertiary/aromatic N) is 2. The van der Waals surface area contributed by atoms with Crippen LogP contribution in [0.3, 0.4) is 0 Å². The summed E-state index contributed by atoms with van der Waals surface area (Å²) in [7, 11) is 0. The molecule has 2 aliphatic rings. The molecule has 25 heavy (non-hydrogen) atoms. The lowest BCUT2D eigenvalue weighted by Crippen LogP contribution is -2.60. The van der Waals surface area contributed by atoms with Crippen LogP contribution in [0.25, 0.3) is 0 Å². The van der Waals surface area contributed by atoms with Crippen LogP contribution in [0.5, 0.6) is 0 Å². The number of ether oxygens (including phenoxy) is 1. The van der Waals surface area contributed by atoms with E-state index in [4.69, 9.17) is 4.74 Å². The van der Waals surface area contributed by atoms with Gasteiger partial charge in [0.2, 0.25) is 0 Å². The largest absolute Gasteiger partial charge is 0.371 e. The summed E-state index contributed by atoms with van der Waals surface area (Å²) in [6.07, 6.45) is 1.29. The van der Waals surface area contributed by atoms with Crippen LogP contribution in [0.15, 0.2) is 29.6 Å². The predicted molar refractivity (Wildman–Crippen MR) is 102 cm³/mol. The molecule has 6 heteroatoms. The Hall–Kier alpha value is -1.37. The van der Waals surface area contributed by atoms with E-state index in [-0.39, 0.29) is 16.8 Å². The zero-order chi connectivity index (χ0) is 17.4. The Kier molecular flexibility index (Phi) is 4.60. The fourth-order valence-corrected chi connectivity index (χ4v) is 5.71. The van der Waals surface area contributed by atoms with Crippen molar-refractivity contribution in [2.45, 2.75) is 37.7 Å². The molecule has 3 heterocycles. The highest BCUT2D eigenvalue weighted by molar-refractivity contribution is 8.01. The van der Waals surface area contributed by atoms with Crippen LogP contribution in [0, 0.1) is 13.8 Å². The smallest absolute Gasteiger partial charge is 0.253 e. The van der Waals surface area contributed by atoms with Crippen molar-refractivity contribution in [2.75, 3.05) is 18.8 Å². The van der Waals surface area contributed by atoms with Crippen molar-refractivity contribution >= 4 is 29.0 Å². The molecule has 2 aliphatic heterocycles. The molecule has 4 nitrogen and oxygen atoms in total. The van der Waals surface area contributed by atoms with E-state index < -0.39 is 0 Å². The van der Waals surface area contributed by atoms with Gasteiger partial charge >= 0.3 is 0 Å². The van der Waals surface area contributed by atoms with Crippen LogP contribution in [0.1, 0.15) is 33.0 Å². The van der Waals surface area contributed by atoms with Gasteiger partial charge in [0, 0.05) is 29.8 Å². The van der Waals surface area contributed by atoms with Crippen LogP contribution in [-0.4, -0.2) is 45.5 Å². The number of benzene rings is 1. The molecule has 132 valence electrons. The fourth-order valence-electron chi connectivity index (χ4n) is 3.56. The summed E-state index contributed by atoms with van der Waals surface area (Å²) in [5, 5.41) is 3.15. The van der Waals surface area contributed by atoms with Crippen LogP contribution in [0.2, 0.25) is 0 Å². The standard InChI is InChI=1S/C19H22N2O2S2/c1-13-4-3-5-15(6-13)18(22)21-11-19(12-21)7-17(10-25-19)23-8-16-9-24-14(2)20-16/h3-6,9,17H,7-8,10-12H2,1-2H3/t17-/m1/s1. The first kappa shape index (κ1) is 17.1. The van der Waals surface area contributed by atoms with Crippen molar-refractivity contribution in [1.82, 2.24) is 9.88 Å². The van der Waals surface area contributed by atoms with Gasteiger partial charge in [-0.2, -0.15) is 0 Å². The lowest BCUT2D eigenvalue weighted by molar-refractivity contribution is 0.0246. The Morgan fingerprint density at radius 1 is 1.40 bits per heavy atom. The first-order valence-electron chi connectivity index (χ1n) is 8.56. The lowest BCUT2D eigenvalue weighted by Gasteiger charge is -2.47. The highest BCUT2D eigenvalue weighted by atomic mass is 32.2. The number of likely N-dealkylation sites (tertiary alicyclic amines) is 1.